The van der Waals surface area contributed by atoms with Crippen molar-refractivity contribution in [3.8, 4) is 11.1 Å². The average molecular weight is 402 g/mol. The summed E-state index contributed by atoms with van der Waals surface area (Å²) < 4.78 is 14.2. The summed E-state index contributed by atoms with van der Waals surface area (Å²) in [5, 5.41) is 2.30. The molecule has 0 saturated carbocycles. The van der Waals surface area contributed by atoms with Gasteiger partial charge >= 0.3 is 0 Å². The summed E-state index contributed by atoms with van der Waals surface area (Å²) in [6, 6.07) is 23.1. The molecule has 1 heterocycles. The molecule has 1 saturated heterocycles. The number of carbonyl (C=O) groups excluding carboxylic acids is 2. The molecule has 0 aromatic heterocycles. The quantitative estimate of drug-likeness (QED) is 0.403. The Kier molecular flexibility index (Phi) is 5.01. The Balaban J connectivity index is 1.67. The van der Waals surface area contributed by atoms with E-state index >= 15 is 0 Å². The van der Waals surface area contributed by atoms with Crippen LogP contribution in [-0.4, -0.2) is 16.9 Å². The number of hydrogen-bond donors (Lipinski definition) is 1. The molecule has 0 unspecified atom stereocenters. The number of hydrogen-bond acceptors (Lipinski definition) is 3. The lowest BCUT2D eigenvalue weighted by molar-refractivity contribution is -0.122. The van der Waals surface area contributed by atoms with E-state index in [0.717, 1.165) is 16.0 Å². The maximum atomic E-state index is 14.2. The van der Waals surface area contributed by atoms with Crippen molar-refractivity contribution in [2.24, 2.45) is 0 Å². The summed E-state index contributed by atoms with van der Waals surface area (Å²) in [7, 11) is 0. The third-order valence-electron chi connectivity index (χ3n) is 4.52. The van der Waals surface area contributed by atoms with E-state index in [1.54, 1.807) is 6.07 Å². The highest BCUT2D eigenvalue weighted by atomic mass is 32.1. The SMILES string of the molecule is O=C1NC(=S)N(c2ccccc2F)C(=O)/C1=C/c1ccc(-c2ccccc2)cc1. The zero-order valence-electron chi connectivity index (χ0n) is 15.1. The standard InChI is InChI=1S/C23H15FN2O2S/c24-19-8-4-5-9-20(19)26-22(28)18(21(27)25-23(26)29)14-15-10-12-17(13-11-15)16-6-2-1-3-7-16/h1-14H,(H,25,27,29)/b18-14+. The van der Waals surface area contributed by atoms with E-state index in [0.29, 0.717) is 5.56 Å². The van der Waals surface area contributed by atoms with Gasteiger partial charge in [0.2, 0.25) is 0 Å². The van der Waals surface area contributed by atoms with E-state index in [4.69, 9.17) is 12.2 Å². The molecule has 29 heavy (non-hydrogen) atoms. The van der Waals surface area contributed by atoms with E-state index in [-0.39, 0.29) is 16.4 Å². The number of para-hydroxylation sites is 1. The maximum absolute atomic E-state index is 14.2. The highest BCUT2D eigenvalue weighted by Crippen LogP contribution is 2.25. The number of carbonyl (C=O) groups is 2. The van der Waals surface area contributed by atoms with Crippen molar-refractivity contribution in [1.29, 1.82) is 0 Å². The molecule has 2 amide bonds. The molecule has 1 aliphatic heterocycles. The molecule has 4 nitrogen and oxygen atoms in total. The fourth-order valence-corrected chi connectivity index (χ4v) is 3.35. The van der Waals surface area contributed by atoms with Crippen LogP contribution in [0, 0.1) is 5.82 Å². The van der Waals surface area contributed by atoms with Crippen molar-refractivity contribution in [1.82, 2.24) is 5.32 Å². The van der Waals surface area contributed by atoms with Crippen LogP contribution in [0.4, 0.5) is 10.1 Å². The van der Waals surface area contributed by atoms with Crippen molar-refractivity contribution in [2.75, 3.05) is 4.90 Å². The van der Waals surface area contributed by atoms with E-state index < -0.39 is 17.6 Å². The zero-order valence-corrected chi connectivity index (χ0v) is 15.9. The van der Waals surface area contributed by atoms with Gasteiger partial charge in [-0.25, -0.2) is 9.29 Å². The smallest absolute Gasteiger partial charge is 0.270 e. The number of amides is 2. The van der Waals surface area contributed by atoms with Crippen LogP contribution in [-0.2, 0) is 9.59 Å². The lowest BCUT2D eigenvalue weighted by Crippen LogP contribution is -2.54. The Hall–Kier alpha value is -3.64. The molecule has 1 N–H and O–H groups in total. The third kappa shape index (κ3) is 3.70. The van der Waals surface area contributed by atoms with Gasteiger partial charge in [0.05, 0.1) is 5.69 Å². The van der Waals surface area contributed by atoms with Crippen molar-refractivity contribution in [3.05, 3.63) is 95.8 Å². The van der Waals surface area contributed by atoms with Crippen molar-refractivity contribution in [3.63, 3.8) is 0 Å². The number of nitrogens with zero attached hydrogens (tertiary/aromatic N) is 1. The molecule has 142 valence electrons. The predicted octanol–water partition coefficient (Wildman–Crippen LogP) is 4.32. The Morgan fingerprint density at radius 3 is 2.14 bits per heavy atom. The van der Waals surface area contributed by atoms with Gasteiger partial charge in [-0.2, -0.15) is 0 Å². The number of anilines is 1. The van der Waals surface area contributed by atoms with Gasteiger partial charge in [-0.3, -0.25) is 14.9 Å². The Morgan fingerprint density at radius 2 is 1.45 bits per heavy atom. The second-order valence-electron chi connectivity index (χ2n) is 6.40. The maximum Gasteiger partial charge on any atom is 0.270 e. The Bertz CT molecular complexity index is 1140. The summed E-state index contributed by atoms with van der Waals surface area (Å²) in [5.41, 5.74) is 2.63. The van der Waals surface area contributed by atoms with Gasteiger partial charge in [0.25, 0.3) is 11.8 Å². The first-order valence-electron chi connectivity index (χ1n) is 8.86. The molecule has 0 aliphatic carbocycles. The number of thiocarbonyl (C=S) groups is 1. The van der Waals surface area contributed by atoms with Gasteiger partial charge in [-0.05, 0) is 47.1 Å². The molecule has 0 spiro atoms. The fraction of sp³-hybridized carbons (Fsp3) is 0. The van der Waals surface area contributed by atoms with E-state index in [1.165, 1.54) is 24.3 Å². The van der Waals surface area contributed by atoms with Crippen LogP contribution in [0.3, 0.4) is 0 Å². The minimum Gasteiger partial charge on any atom is -0.298 e. The number of benzene rings is 3. The van der Waals surface area contributed by atoms with Crippen molar-refractivity contribution < 1.29 is 14.0 Å². The lowest BCUT2D eigenvalue weighted by Gasteiger charge is -2.29. The highest BCUT2D eigenvalue weighted by molar-refractivity contribution is 7.80. The van der Waals surface area contributed by atoms with Crippen molar-refractivity contribution >= 4 is 40.9 Å². The molecule has 4 rings (SSSR count). The zero-order chi connectivity index (χ0) is 20.4. The summed E-state index contributed by atoms with van der Waals surface area (Å²) in [4.78, 5) is 26.3. The molecule has 0 radical (unpaired) electrons. The van der Waals surface area contributed by atoms with Crippen LogP contribution in [0.15, 0.2) is 84.4 Å². The van der Waals surface area contributed by atoms with E-state index in [9.17, 15) is 14.0 Å². The van der Waals surface area contributed by atoms with Crippen LogP contribution in [0.25, 0.3) is 17.2 Å². The first-order valence-corrected chi connectivity index (χ1v) is 9.27. The van der Waals surface area contributed by atoms with Gasteiger partial charge < -0.3 is 0 Å². The van der Waals surface area contributed by atoms with Crippen LogP contribution in [0.5, 0.6) is 0 Å². The van der Waals surface area contributed by atoms with Crippen LogP contribution in [0.2, 0.25) is 0 Å². The third-order valence-corrected chi connectivity index (χ3v) is 4.81. The molecule has 1 fully saturated rings. The fourth-order valence-electron chi connectivity index (χ4n) is 3.08. The molecular formula is C23H15FN2O2S. The number of rotatable bonds is 3. The lowest BCUT2D eigenvalue weighted by atomic mass is 10.0. The second-order valence-corrected chi connectivity index (χ2v) is 6.78. The van der Waals surface area contributed by atoms with Crippen LogP contribution < -0.4 is 10.2 Å². The molecule has 3 aromatic carbocycles. The largest absolute Gasteiger partial charge is 0.298 e. The van der Waals surface area contributed by atoms with Gasteiger partial charge in [-0.15, -0.1) is 0 Å². The van der Waals surface area contributed by atoms with Gasteiger partial charge in [-0.1, -0.05) is 66.7 Å². The topological polar surface area (TPSA) is 49.4 Å². The van der Waals surface area contributed by atoms with Gasteiger partial charge in [0.15, 0.2) is 5.11 Å². The molecule has 1 aliphatic rings. The summed E-state index contributed by atoms with van der Waals surface area (Å²) in [5.74, 6) is -1.89. The first kappa shape index (κ1) is 18.7. The molecule has 3 aromatic rings. The Morgan fingerprint density at radius 1 is 0.828 bits per heavy atom. The summed E-state index contributed by atoms with van der Waals surface area (Å²) in [6.07, 6.45) is 1.47. The number of halogens is 1. The summed E-state index contributed by atoms with van der Waals surface area (Å²) >= 11 is 5.09. The first-order chi connectivity index (χ1) is 14.0. The molecule has 0 bridgehead atoms. The van der Waals surface area contributed by atoms with Crippen molar-refractivity contribution in [2.45, 2.75) is 0 Å². The molecular weight excluding hydrogens is 387 g/mol. The van der Waals surface area contributed by atoms with Gasteiger partial charge in [0, 0.05) is 0 Å². The normalized spacial score (nSPS) is 15.6. The molecule has 6 heteroatoms. The Labute approximate surface area is 172 Å². The molecule has 0 atom stereocenters. The van der Waals surface area contributed by atoms with E-state index in [2.05, 4.69) is 5.32 Å². The van der Waals surface area contributed by atoms with Crippen LogP contribution in [0.1, 0.15) is 5.56 Å². The number of nitrogens with one attached hydrogen (secondary N) is 1. The monoisotopic (exact) mass is 402 g/mol. The van der Waals surface area contributed by atoms with Gasteiger partial charge in [0.1, 0.15) is 11.4 Å². The van der Waals surface area contributed by atoms with E-state index in [1.807, 2.05) is 54.6 Å². The van der Waals surface area contributed by atoms with Crippen LogP contribution >= 0.6 is 12.2 Å². The second kappa shape index (κ2) is 7.77. The minimum absolute atomic E-state index is 0.00664. The average Bonchev–Trinajstić information content (AvgIpc) is 2.73. The minimum atomic E-state index is -0.670. The summed E-state index contributed by atoms with van der Waals surface area (Å²) in [6.45, 7) is 0. The highest BCUT2D eigenvalue weighted by Gasteiger charge is 2.35. The predicted molar refractivity (Wildman–Crippen MR) is 114 cm³/mol.